The van der Waals surface area contributed by atoms with Gasteiger partial charge in [0, 0.05) is 0 Å². The van der Waals surface area contributed by atoms with Crippen LogP contribution in [-0.2, 0) is 51.9 Å². The van der Waals surface area contributed by atoms with Crippen LogP contribution in [0.5, 0.6) is 0 Å². The number of anilines is 4. The zero-order chi connectivity index (χ0) is 54.7. The van der Waals surface area contributed by atoms with Gasteiger partial charge in [-0.3, -0.25) is 0 Å². The molecule has 83 heavy (non-hydrogen) atoms. The van der Waals surface area contributed by atoms with Gasteiger partial charge in [-0.2, -0.15) is 0 Å². The van der Waals surface area contributed by atoms with Crippen LogP contribution >= 0.6 is 17.8 Å². The van der Waals surface area contributed by atoms with Crippen molar-refractivity contribution in [2.75, 3.05) is 45.8 Å². The average molecular weight is 1230 g/mol. The first-order chi connectivity index (χ1) is 40.9. The molecule has 0 saturated heterocycles. The summed E-state index contributed by atoms with van der Waals surface area (Å²) >= 11 is -5.53. The van der Waals surface area contributed by atoms with E-state index in [1.165, 1.54) is 44.5 Å². The van der Waals surface area contributed by atoms with Crippen LogP contribution in [0.1, 0.15) is 66.8 Å². The molecule has 0 saturated carbocycles. The number of aromatic nitrogens is 2. The zero-order valence-corrected chi connectivity index (χ0v) is 49.6. The minimum absolute atomic E-state index is 0.556. The Morgan fingerprint density at radius 2 is 0.699 bits per heavy atom. The predicted octanol–water partition coefficient (Wildman–Crippen LogP) is 12.1. The van der Waals surface area contributed by atoms with E-state index in [1.807, 2.05) is 0 Å². The third kappa shape index (κ3) is 7.31. The molecule has 0 spiro atoms. The van der Waals surface area contributed by atoms with E-state index >= 15 is 0 Å². The van der Waals surface area contributed by atoms with Crippen molar-refractivity contribution in [2.24, 2.45) is 30.0 Å². The molecule has 0 N–H and O–H groups in total. The Hall–Kier alpha value is -8.30. The van der Waals surface area contributed by atoms with Crippen LogP contribution in [0.3, 0.4) is 0 Å². The summed E-state index contributed by atoms with van der Waals surface area (Å²) < 4.78 is 4.28. The summed E-state index contributed by atoms with van der Waals surface area (Å²) in [7, 11) is 17.6. The van der Waals surface area contributed by atoms with Crippen molar-refractivity contribution in [3.8, 4) is 0 Å². The van der Waals surface area contributed by atoms with Crippen LogP contribution in [0.2, 0.25) is 0 Å². The van der Waals surface area contributed by atoms with Crippen LogP contribution in [0.15, 0.2) is 200 Å². The molecular formula is C68H52Cl2N12Sn. The summed E-state index contributed by atoms with van der Waals surface area (Å²) in [6.45, 7) is 6.29. The Labute approximate surface area is 491 Å². The molecule has 12 nitrogen and oxygen atoms in total. The number of rotatable bonds is 4. The van der Waals surface area contributed by atoms with Crippen molar-refractivity contribution < 1.29 is 0 Å². The van der Waals surface area contributed by atoms with Crippen molar-refractivity contribution >= 4 is 114 Å². The number of hydrogen-bond donors (Lipinski definition) is 0. The van der Waals surface area contributed by atoms with Crippen molar-refractivity contribution in [1.82, 2.24) is 5.58 Å². The molecule has 0 aliphatic carbocycles. The summed E-state index contributed by atoms with van der Waals surface area (Å²) in [5.74, 6) is 3.47. The molecule has 0 fully saturated rings. The van der Waals surface area contributed by atoms with E-state index in [4.69, 9.17) is 47.8 Å². The molecule has 10 aromatic rings. The number of fused-ring (bicyclic) bond motifs is 18. The summed E-state index contributed by atoms with van der Waals surface area (Å²) in [4.78, 5) is 44.7. The molecule has 8 aromatic carbocycles. The number of aliphatic imine (C=N–C) groups is 4. The van der Waals surface area contributed by atoms with Gasteiger partial charge in [-0.05, 0) is 0 Å². The fraction of sp³-hybridized carbons (Fsp3) is 0.176. The molecule has 0 radical (unpaired) electrons. The van der Waals surface area contributed by atoms with Gasteiger partial charge in [0.15, 0.2) is 0 Å². The second-order valence-electron chi connectivity index (χ2n) is 23.0. The van der Waals surface area contributed by atoms with Gasteiger partial charge in [0.25, 0.3) is 0 Å². The maximum absolute atomic E-state index is 8.81. The van der Waals surface area contributed by atoms with Gasteiger partial charge in [-0.25, -0.2) is 0 Å². The van der Waals surface area contributed by atoms with E-state index in [2.05, 4.69) is 195 Å². The minimum atomic E-state index is -5.53. The molecule has 18 rings (SSSR count). The van der Waals surface area contributed by atoms with Crippen LogP contribution in [0.4, 0.5) is 34.4 Å². The normalized spacial score (nSPS) is 17.7. The van der Waals surface area contributed by atoms with Crippen molar-refractivity contribution in [1.29, 1.82) is 0 Å². The SMILES string of the molecule is [Cl][Sn]1([Cl])[n]2c3c4cccc(N5CCc6ccccc6C5)c4c2N=C2N=C(N=c4c5cccc(N6CCc7ccccc7C6)c5c([n]41)=NC1=NC(=N3)c3c1cccc3N1CCc3ccccc3C1)c1c2cccc1N1CCc2ccccc2C1. The van der Waals surface area contributed by atoms with E-state index in [1.54, 1.807) is 0 Å². The van der Waals surface area contributed by atoms with Crippen molar-refractivity contribution in [3.05, 3.63) is 248 Å². The number of hydrogen-bond acceptors (Lipinski definition) is 10. The molecule has 0 atom stereocenters. The van der Waals surface area contributed by atoms with Gasteiger partial charge < -0.3 is 0 Å². The Bertz CT molecular complexity index is 4800. The zero-order valence-electron chi connectivity index (χ0n) is 45.3. The third-order valence-corrected chi connectivity index (χ3v) is 28.6. The van der Waals surface area contributed by atoms with E-state index in [0.717, 1.165) is 145 Å². The van der Waals surface area contributed by atoms with Crippen LogP contribution in [0, 0.1) is 0 Å². The first-order valence-electron chi connectivity index (χ1n) is 28.9. The van der Waals surface area contributed by atoms with E-state index in [9.17, 15) is 0 Å². The van der Waals surface area contributed by atoms with Crippen LogP contribution in [-0.4, -0.2) is 71.8 Å². The number of nitrogens with zero attached hydrogens (tertiary/aromatic N) is 12. The van der Waals surface area contributed by atoms with Gasteiger partial charge >= 0.3 is 495 Å². The molecule has 0 unspecified atom stereocenters. The first-order valence-corrected chi connectivity index (χ1v) is 38.7. The summed E-state index contributed by atoms with van der Waals surface area (Å²) in [6.07, 6.45) is 3.66. The number of benzene rings is 8. The Balaban J connectivity index is 0.969. The quantitative estimate of drug-likeness (QED) is 0.164. The maximum atomic E-state index is 8.81. The van der Waals surface area contributed by atoms with Gasteiger partial charge in [0.1, 0.15) is 0 Å². The molecular weight excluding hydrogens is 1170 g/mol. The van der Waals surface area contributed by atoms with E-state index < -0.39 is 16.7 Å². The second-order valence-corrected chi connectivity index (χ2v) is 36.8. The van der Waals surface area contributed by atoms with E-state index in [-0.39, 0.29) is 0 Å². The first kappa shape index (κ1) is 48.3. The van der Waals surface area contributed by atoms with E-state index in [0.29, 0.717) is 46.0 Å². The van der Waals surface area contributed by atoms with Crippen molar-refractivity contribution in [2.45, 2.75) is 51.9 Å². The van der Waals surface area contributed by atoms with Gasteiger partial charge in [-0.15, -0.1) is 0 Å². The Morgan fingerprint density at radius 3 is 1.22 bits per heavy atom. The summed E-state index contributed by atoms with van der Waals surface area (Å²) in [5, 5.41) is 3.60. The third-order valence-electron chi connectivity index (χ3n) is 18.6. The topological polar surface area (TPSA) is 97.0 Å². The molecule has 6 bridgehead atoms. The fourth-order valence-corrected chi connectivity index (χ4v) is 24.3. The van der Waals surface area contributed by atoms with Crippen LogP contribution < -0.4 is 30.6 Å². The van der Waals surface area contributed by atoms with Gasteiger partial charge in [0.05, 0.1) is 0 Å². The summed E-state index contributed by atoms with van der Waals surface area (Å²) in [6, 6.07) is 61.4. The number of amidine groups is 4. The molecule has 8 aliphatic heterocycles. The monoisotopic (exact) mass is 1230 g/mol. The molecule has 15 heteroatoms. The summed E-state index contributed by atoms with van der Waals surface area (Å²) in [5.41, 5.74) is 19.9. The fourth-order valence-electron chi connectivity index (χ4n) is 14.6. The Morgan fingerprint density at radius 1 is 0.313 bits per heavy atom. The molecule has 2 aromatic heterocycles. The van der Waals surface area contributed by atoms with Gasteiger partial charge in [-0.1, -0.05) is 0 Å². The Kier molecular flexibility index (Phi) is 10.7. The predicted molar refractivity (Wildman–Crippen MR) is 338 cm³/mol. The standard InChI is InChI=1S/C68H52N12.2ClH.Sn/c1-5-17-45-37-77(33-29-41(45)13-1)53-25-9-21-49-57(53)65-69-61(49)74-66-59-51(23-11-27-55(59)79-35-31-43-15-3-7-19-47(43)39-79)63(71-66)76-68-60-52(24-12-28-56(60)80-36-32-44-16-4-8-20-48(44)40-80)64(72-68)75-67-58-50(62(70-67)73-65)22-10-26-54(58)78-34-30-42-14-2-6-18-46(42)38-78;;;/h1-28H,29-40H2;2*1H;/q-2;;;+4/p-2. The van der Waals surface area contributed by atoms with Crippen LogP contribution in [0.25, 0.3) is 21.5 Å². The molecule has 10 heterocycles. The second kappa shape index (κ2) is 18.3. The number of halogens is 2. The van der Waals surface area contributed by atoms with Crippen molar-refractivity contribution in [3.63, 3.8) is 0 Å². The molecule has 0 amide bonds. The molecule has 402 valence electrons. The average Bonchev–Trinajstić information content (AvgIpc) is 2.59. The van der Waals surface area contributed by atoms with Gasteiger partial charge in [0.2, 0.25) is 0 Å². The molecule has 8 aliphatic rings.